The molecule has 63 heavy (non-hydrogen) atoms. The summed E-state index contributed by atoms with van der Waals surface area (Å²) in [4.78, 5) is 46.2. The normalized spacial score (nSPS) is 15.8. The van der Waals surface area contributed by atoms with Crippen molar-refractivity contribution >= 4 is 46.8 Å². The number of aliphatic carboxylic acids is 1. The lowest BCUT2D eigenvalue weighted by atomic mass is 9.92. The van der Waals surface area contributed by atoms with Gasteiger partial charge in [-0.15, -0.1) is 0 Å². The van der Waals surface area contributed by atoms with Crippen molar-refractivity contribution in [1.29, 1.82) is 0 Å². The summed E-state index contributed by atoms with van der Waals surface area (Å²) in [6.45, 7) is 4.25. The van der Waals surface area contributed by atoms with Gasteiger partial charge in [0, 0.05) is 43.0 Å². The number of aryl methyl sites for hydroxylation is 1. The standard InChI is InChI=1S/C48H40Cl2F2N4O7/c1-26-27(2)53-14-13-38(26)30-6-3-28(4-7-30)16-41(47(58)59)55-46(57)42-17-32-18-43-44(19-33(32)23-56(42)48(60)54-36-21-34(51)20-35(52)22-36)63-45(25-62-43)31-8-10-37(11-9-31)61-24-29-5-12-39(49)40(50)15-29/h3-15,18-22,41-42,45H,16-17,23-25H2,1-2H3,(H,54,60)(H,55,57)(H,58,59). The second-order valence-corrected chi connectivity index (χ2v) is 16.2. The first kappa shape index (κ1) is 43.0. The molecule has 8 rings (SSSR count). The number of carbonyl (C=O) groups is 3. The van der Waals surface area contributed by atoms with Gasteiger partial charge < -0.3 is 34.9 Å². The number of fused-ring (bicyclic) bond motifs is 2. The second-order valence-electron chi connectivity index (χ2n) is 15.4. The van der Waals surface area contributed by atoms with Crippen molar-refractivity contribution in [3.63, 3.8) is 0 Å². The van der Waals surface area contributed by atoms with E-state index in [9.17, 15) is 28.3 Å². The Morgan fingerprint density at radius 3 is 2.30 bits per heavy atom. The molecule has 0 saturated heterocycles. The molecule has 15 heteroatoms. The first-order chi connectivity index (χ1) is 30.3. The molecular formula is C48H40Cl2F2N4O7. The fraction of sp³-hybridized carbons (Fsp3) is 0.208. The fourth-order valence-electron chi connectivity index (χ4n) is 7.64. The number of rotatable bonds is 11. The highest BCUT2D eigenvalue weighted by molar-refractivity contribution is 6.42. The molecule has 3 atom stereocenters. The minimum Gasteiger partial charge on any atom is -0.489 e. The van der Waals surface area contributed by atoms with Gasteiger partial charge in [-0.25, -0.2) is 18.4 Å². The molecule has 0 bridgehead atoms. The Morgan fingerprint density at radius 1 is 0.873 bits per heavy atom. The van der Waals surface area contributed by atoms with Gasteiger partial charge in [0.25, 0.3) is 0 Å². The number of urea groups is 1. The molecule has 2 aliphatic rings. The molecule has 0 spiro atoms. The minimum atomic E-state index is -1.35. The van der Waals surface area contributed by atoms with Crippen LogP contribution in [0.2, 0.25) is 10.0 Å². The van der Waals surface area contributed by atoms with Crippen molar-refractivity contribution in [3.8, 4) is 28.4 Å². The van der Waals surface area contributed by atoms with Crippen LogP contribution >= 0.6 is 23.2 Å². The van der Waals surface area contributed by atoms with Crippen molar-refractivity contribution < 1.29 is 42.5 Å². The lowest BCUT2D eigenvalue weighted by Crippen LogP contribution is -2.56. The number of carboxylic acids is 1. The number of pyridine rings is 1. The topological polar surface area (TPSA) is 139 Å². The number of hydrogen-bond acceptors (Lipinski definition) is 7. The van der Waals surface area contributed by atoms with E-state index in [1.54, 1.807) is 30.5 Å². The summed E-state index contributed by atoms with van der Waals surface area (Å²) in [6.07, 6.45) is 1.18. The molecule has 3 amide bonds. The van der Waals surface area contributed by atoms with Crippen LogP contribution < -0.4 is 24.8 Å². The van der Waals surface area contributed by atoms with E-state index >= 15 is 0 Å². The van der Waals surface area contributed by atoms with Crippen molar-refractivity contribution in [2.45, 2.75) is 58.0 Å². The van der Waals surface area contributed by atoms with Crippen LogP contribution in [-0.4, -0.2) is 51.6 Å². The van der Waals surface area contributed by atoms with E-state index in [0.29, 0.717) is 50.1 Å². The number of carboxylic acid groups (broad SMARTS) is 1. The number of nitrogens with zero attached hydrogens (tertiary/aromatic N) is 2. The van der Waals surface area contributed by atoms with Gasteiger partial charge in [-0.1, -0.05) is 65.7 Å². The number of halogens is 4. The van der Waals surface area contributed by atoms with E-state index < -0.39 is 47.7 Å². The molecule has 3 heterocycles. The van der Waals surface area contributed by atoms with Crippen LogP contribution in [0.4, 0.5) is 19.3 Å². The van der Waals surface area contributed by atoms with E-state index in [1.807, 2.05) is 74.5 Å². The van der Waals surface area contributed by atoms with Crippen molar-refractivity contribution in [1.82, 2.24) is 15.2 Å². The number of carbonyl (C=O) groups excluding carboxylic acids is 2. The number of benzene rings is 5. The summed E-state index contributed by atoms with van der Waals surface area (Å²) in [5, 5.41) is 16.3. The summed E-state index contributed by atoms with van der Waals surface area (Å²) in [7, 11) is 0. The summed E-state index contributed by atoms with van der Waals surface area (Å²) in [5.41, 5.74) is 7.35. The summed E-state index contributed by atoms with van der Waals surface area (Å²) >= 11 is 12.2. The molecule has 322 valence electrons. The lowest BCUT2D eigenvalue weighted by Gasteiger charge is -2.37. The SMILES string of the molecule is Cc1nccc(-c2ccc(CC(NC(=O)C3Cc4cc5c(cc4CN3C(=O)Nc3cc(F)cc(F)c3)OC(c3ccc(OCc4ccc(Cl)c(Cl)c4)cc3)CO5)C(=O)O)cc2)c1C. The van der Waals surface area contributed by atoms with Crippen molar-refractivity contribution in [3.05, 3.63) is 170 Å². The summed E-state index contributed by atoms with van der Waals surface area (Å²) in [6, 6.07) is 24.6. The van der Waals surface area contributed by atoms with Gasteiger partial charge >= 0.3 is 12.0 Å². The van der Waals surface area contributed by atoms with Crippen molar-refractivity contribution in [2.24, 2.45) is 0 Å². The Morgan fingerprint density at radius 2 is 1.59 bits per heavy atom. The van der Waals surface area contributed by atoms with Gasteiger partial charge in [-0.3, -0.25) is 9.78 Å². The maximum absolute atomic E-state index is 14.2. The lowest BCUT2D eigenvalue weighted by molar-refractivity contribution is -0.142. The first-order valence-electron chi connectivity index (χ1n) is 20.0. The molecule has 3 unspecified atom stereocenters. The number of anilines is 1. The Kier molecular flexibility index (Phi) is 12.5. The molecule has 3 N–H and O–H groups in total. The van der Waals surface area contributed by atoms with Crippen LogP contribution in [0.3, 0.4) is 0 Å². The fourth-order valence-corrected chi connectivity index (χ4v) is 7.96. The molecule has 0 aliphatic carbocycles. The second kappa shape index (κ2) is 18.3. The molecule has 1 aromatic heterocycles. The number of amides is 3. The third kappa shape index (κ3) is 9.85. The number of nitrogens with one attached hydrogen (secondary N) is 2. The summed E-state index contributed by atoms with van der Waals surface area (Å²) < 4.78 is 46.8. The van der Waals surface area contributed by atoms with Crippen LogP contribution in [0.15, 0.2) is 109 Å². The van der Waals surface area contributed by atoms with E-state index in [0.717, 1.165) is 45.6 Å². The maximum Gasteiger partial charge on any atom is 0.326 e. The van der Waals surface area contributed by atoms with Gasteiger partial charge in [0.05, 0.1) is 10.0 Å². The van der Waals surface area contributed by atoms with Gasteiger partial charge in [0.1, 0.15) is 42.7 Å². The average Bonchev–Trinajstić information content (AvgIpc) is 3.26. The van der Waals surface area contributed by atoms with Crippen LogP contribution in [-0.2, 0) is 35.6 Å². The molecule has 6 aromatic rings. The molecule has 11 nitrogen and oxygen atoms in total. The molecule has 0 saturated carbocycles. The van der Waals surface area contributed by atoms with E-state index in [2.05, 4.69) is 15.6 Å². The predicted octanol–water partition coefficient (Wildman–Crippen LogP) is 9.81. The van der Waals surface area contributed by atoms with Crippen LogP contribution in [0, 0.1) is 25.5 Å². The average molecular weight is 894 g/mol. The molecule has 0 fully saturated rings. The quantitative estimate of drug-likeness (QED) is 0.117. The monoisotopic (exact) mass is 892 g/mol. The predicted molar refractivity (Wildman–Crippen MR) is 233 cm³/mol. The van der Waals surface area contributed by atoms with Gasteiger partial charge in [-0.2, -0.15) is 0 Å². The molecule has 0 radical (unpaired) electrons. The van der Waals surface area contributed by atoms with Crippen molar-refractivity contribution in [2.75, 3.05) is 11.9 Å². The Balaban J connectivity index is 0.995. The zero-order chi connectivity index (χ0) is 44.4. The Hall–Kier alpha value is -6.70. The zero-order valence-electron chi connectivity index (χ0n) is 34.0. The smallest absolute Gasteiger partial charge is 0.326 e. The molecule has 5 aromatic carbocycles. The zero-order valence-corrected chi connectivity index (χ0v) is 35.5. The van der Waals surface area contributed by atoms with Gasteiger partial charge in [0.2, 0.25) is 5.91 Å². The Bertz CT molecular complexity index is 2700. The van der Waals surface area contributed by atoms with Crippen LogP contribution in [0.25, 0.3) is 11.1 Å². The van der Waals surface area contributed by atoms with E-state index in [1.165, 1.54) is 4.90 Å². The van der Waals surface area contributed by atoms with Gasteiger partial charge in [-0.05, 0) is 113 Å². The largest absolute Gasteiger partial charge is 0.489 e. The van der Waals surface area contributed by atoms with Crippen LogP contribution in [0.1, 0.15) is 45.2 Å². The highest BCUT2D eigenvalue weighted by Gasteiger charge is 2.38. The number of aromatic nitrogens is 1. The van der Waals surface area contributed by atoms with E-state index in [-0.39, 0.29) is 38.3 Å². The van der Waals surface area contributed by atoms with Gasteiger partial charge in [0.15, 0.2) is 17.6 Å². The first-order valence-corrected chi connectivity index (χ1v) is 20.7. The number of hydrogen-bond donors (Lipinski definition) is 3. The number of ether oxygens (including phenoxy) is 3. The highest BCUT2D eigenvalue weighted by atomic mass is 35.5. The highest BCUT2D eigenvalue weighted by Crippen LogP contribution is 2.41. The third-order valence-corrected chi connectivity index (χ3v) is 11.9. The van der Waals surface area contributed by atoms with E-state index in [4.69, 9.17) is 37.4 Å². The maximum atomic E-state index is 14.2. The third-order valence-electron chi connectivity index (χ3n) is 11.1. The minimum absolute atomic E-state index is 0.0262. The Labute approximate surface area is 371 Å². The molecule has 2 aliphatic heterocycles. The summed E-state index contributed by atoms with van der Waals surface area (Å²) in [5.74, 6) is -2.34. The molecular weight excluding hydrogens is 853 g/mol. The van der Waals surface area contributed by atoms with Crippen LogP contribution in [0.5, 0.6) is 17.2 Å².